The molecule has 0 aliphatic rings. The molecule has 0 aliphatic heterocycles. The third-order valence-corrected chi connectivity index (χ3v) is 3.64. The summed E-state index contributed by atoms with van der Waals surface area (Å²) in [5.74, 6) is 0.0973. The number of hydrogen-bond acceptors (Lipinski definition) is 2. The molecule has 6 heteroatoms. The topological polar surface area (TPSA) is 25.8 Å². The average Bonchev–Trinajstić information content (AvgIpc) is 2.46. The van der Waals surface area contributed by atoms with Crippen molar-refractivity contribution in [2.75, 3.05) is 0 Å². The van der Waals surface area contributed by atoms with Gasteiger partial charge in [0.1, 0.15) is 5.15 Å². The lowest BCUT2D eigenvalue weighted by molar-refractivity contribution is -0.137. The molecule has 0 amide bonds. The fraction of sp³-hybridized carbons (Fsp3) is 0.375. The first-order chi connectivity index (χ1) is 10.4. The molecule has 1 atom stereocenters. The van der Waals surface area contributed by atoms with Crippen molar-refractivity contribution in [1.29, 1.82) is 0 Å². The summed E-state index contributed by atoms with van der Waals surface area (Å²) >= 11 is 5.82. The van der Waals surface area contributed by atoms with Crippen LogP contribution >= 0.6 is 11.6 Å². The lowest BCUT2D eigenvalue weighted by Crippen LogP contribution is -2.08. The van der Waals surface area contributed by atoms with E-state index >= 15 is 0 Å². The lowest BCUT2D eigenvalue weighted by atomic mass is 9.90. The Morgan fingerprint density at radius 1 is 1.14 bits per heavy atom. The molecule has 1 aromatic carbocycles. The Labute approximate surface area is 132 Å². The van der Waals surface area contributed by atoms with E-state index in [9.17, 15) is 13.2 Å². The average molecular weight is 329 g/mol. The van der Waals surface area contributed by atoms with Crippen molar-refractivity contribution in [2.45, 2.75) is 38.3 Å². The molecule has 0 saturated carbocycles. The smallest absolute Gasteiger partial charge is 0.260 e. The van der Waals surface area contributed by atoms with Gasteiger partial charge in [0.25, 0.3) is 0 Å². The van der Waals surface area contributed by atoms with Gasteiger partial charge in [0.05, 0.1) is 17.5 Å². The van der Waals surface area contributed by atoms with Gasteiger partial charge in [-0.3, -0.25) is 4.98 Å². The highest BCUT2D eigenvalue weighted by atomic mass is 35.5. The van der Waals surface area contributed by atoms with E-state index in [1.54, 1.807) is 18.3 Å². The highest BCUT2D eigenvalue weighted by Gasteiger charge is 2.30. The Morgan fingerprint density at radius 2 is 1.82 bits per heavy atom. The van der Waals surface area contributed by atoms with Crippen LogP contribution in [0.4, 0.5) is 13.2 Å². The van der Waals surface area contributed by atoms with Crippen LogP contribution < -0.4 is 0 Å². The maximum atomic E-state index is 12.6. The second-order valence-electron chi connectivity index (χ2n) is 5.14. The predicted octanol–water partition coefficient (Wildman–Crippen LogP) is 5.28. The monoisotopic (exact) mass is 328 g/mol. The first-order valence-electron chi connectivity index (χ1n) is 7.03. The molecule has 2 rings (SSSR count). The molecular formula is C16H16ClF3N2. The molecule has 0 aliphatic carbocycles. The van der Waals surface area contributed by atoms with E-state index in [0.717, 1.165) is 36.2 Å². The van der Waals surface area contributed by atoms with E-state index in [-0.39, 0.29) is 5.92 Å². The highest BCUT2D eigenvalue weighted by Crippen LogP contribution is 2.32. The summed E-state index contributed by atoms with van der Waals surface area (Å²) in [6.45, 7) is 2.04. The Morgan fingerprint density at radius 3 is 2.36 bits per heavy atom. The van der Waals surface area contributed by atoms with Gasteiger partial charge in [-0.25, -0.2) is 4.98 Å². The molecule has 0 fully saturated rings. The Balaban J connectivity index is 2.20. The van der Waals surface area contributed by atoms with Gasteiger partial charge >= 0.3 is 6.18 Å². The van der Waals surface area contributed by atoms with E-state index in [0.29, 0.717) is 11.6 Å². The molecule has 1 unspecified atom stereocenters. The SMILES string of the molecule is CCCC(Cc1cncc(Cl)n1)c1ccc(C(F)(F)F)cc1. The molecule has 0 spiro atoms. The highest BCUT2D eigenvalue weighted by molar-refractivity contribution is 6.29. The fourth-order valence-corrected chi connectivity index (χ4v) is 2.57. The number of rotatable bonds is 5. The molecule has 0 saturated heterocycles. The lowest BCUT2D eigenvalue weighted by Gasteiger charge is -2.17. The summed E-state index contributed by atoms with van der Waals surface area (Å²) in [6, 6.07) is 5.34. The zero-order valence-corrected chi connectivity index (χ0v) is 12.8. The minimum Gasteiger partial charge on any atom is -0.260 e. The molecule has 0 bridgehead atoms. The van der Waals surface area contributed by atoms with Gasteiger partial charge in [0.2, 0.25) is 0 Å². The molecule has 118 valence electrons. The van der Waals surface area contributed by atoms with Gasteiger partial charge in [-0.1, -0.05) is 37.1 Å². The molecular weight excluding hydrogens is 313 g/mol. The minimum atomic E-state index is -4.31. The van der Waals surface area contributed by atoms with Crippen molar-refractivity contribution in [1.82, 2.24) is 9.97 Å². The van der Waals surface area contributed by atoms with Crippen LogP contribution in [0.3, 0.4) is 0 Å². The normalized spacial score (nSPS) is 13.1. The van der Waals surface area contributed by atoms with E-state index in [2.05, 4.69) is 9.97 Å². The molecule has 1 aromatic heterocycles. The van der Waals surface area contributed by atoms with Crippen LogP contribution in [0.25, 0.3) is 0 Å². The molecule has 2 nitrogen and oxygen atoms in total. The molecule has 0 N–H and O–H groups in total. The summed E-state index contributed by atoms with van der Waals surface area (Å²) in [5.41, 5.74) is 0.983. The Hall–Kier alpha value is -1.62. The number of nitrogens with zero attached hydrogens (tertiary/aromatic N) is 2. The van der Waals surface area contributed by atoms with Crippen molar-refractivity contribution < 1.29 is 13.2 Å². The first-order valence-corrected chi connectivity index (χ1v) is 7.41. The zero-order chi connectivity index (χ0) is 16.2. The summed E-state index contributed by atoms with van der Waals surface area (Å²) in [5, 5.41) is 0.320. The molecule has 2 aromatic rings. The summed E-state index contributed by atoms with van der Waals surface area (Å²) in [7, 11) is 0. The number of benzene rings is 1. The van der Waals surface area contributed by atoms with Gasteiger partial charge in [-0.05, 0) is 36.5 Å². The predicted molar refractivity (Wildman–Crippen MR) is 79.8 cm³/mol. The quantitative estimate of drug-likeness (QED) is 0.746. The van der Waals surface area contributed by atoms with Crippen molar-refractivity contribution >= 4 is 11.6 Å². The van der Waals surface area contributed by atoms with E-state index in [1.165, 1.54) is 6.20 Å². The minimum absolute atomic E-state index is 0.0973. The van der Waals surface area contributed by atoms with Crippen LogP contribution in [-0.4, -0.2) is 9.97 Å². The Bertz CT molecular complexity index is 612. The second kappa shape index (κ2) is 7.09. The van der Waals surface area contributed by atoms with Gasteiger partial charge in [0, 0.05) is 6.20 Å². The van der Waals surface area contributed by atoms with Crippen LogP contribution in [0.5, 0.6) is 0 Å². The van der Waals surface area contributed by atoms with Gasteiger partial charge in [-0.2, -0.15) is 13.2 Å². The third kappa shape index (κ3) is 4.44. The zero-order valence-electron chi connectivity index (χ0n) is 12.1. The van der Waals surface area contributed by atoms with Crippen molar-refractivity contribution in [3.8, 4) is 0 Å². The van der Waals surface area contributed by atoms with Gasteiger partial charge < -0.3 is 0 Å². The fourth-order valence-electron chi connectivity index (χ4n) is 2.41. The summed E-state index contributed by atoms with van der Waals surface area (Å²) in [6.07, 6.45) is 1.18. The van der Waals surface area contributed by atoms with E-state index in [1.807, 2.05) is 6.92 Å². The van der Waals surface area contributed by atoms with Crippen molar-refractivity contribution in [2.24, 2.45) is 0 Å². The van der Waals surface area contributed by atoms with Crippen LogP contribution in [0.1, 0.15) is 42.5 Å². The van der Waals surface area contributed by atoms with Crippen LogP contribution in [0.15, 0.2) is 36.7 Å². The van der Waals surface area contributed by atoms with Gasteiger partial charge in [0.15, 0.2) is 0 Å². The molecule has 1 heterocycles. The van der Waals surface area contributed by atoms with Crippen molar-refractivity contribution in [3.05, 3.63) is 58.6 Å². The number of alkyl halides is 3. The van der Waals surface area contributed by atoms with Crippen LogP contribution in [-0.2, 0) is 12.6 Å². The second-order valence-corrected chi connectivity index (χ2v) is 5.53. The number of halogens is 4. The largest absolute Gasteiger partial charge is 0.416 e. The van der Waals surface area contributed by atoms with Crippen LogP contribution in [0.2, 0.25) is 5.15 Å². The third-order valence-electron chi connectivity index (χ3n) is 3.46. The van der Waals surface area contributed by atoms with Crippen molar-refractivity contribution in [3.63, 3.8) is 0 Å². The Kier molecular flexibility index (Phi) is 5.40. The maximum Gasteiger partial charge on any atom is 0.416 e. The summed E-state index contributed by atoms with van der Waals surface area (Å²) in [4.78, 5) is 8.19. The van der Waals surface area contributed by atoms with E-state index in [4.69, 9.17) is 11.6 Å². The standard InChI is InChI=1S/C16H16ClF3N2/c1-2-3-12(8-14-9-21-10-15(17)22-14)11-4-6-13(7-5-11)16(18,19)20/h4-7,9-10,12H,2-3,8H2,1H3. The van der Waals surface area contributed by atoms with Crippen LogP contribution in [0, 0.1) is 0 Å². The summed E-state index contributed by atoms with van der Waals surface area (Å²) < 4.78 is 37.9. The van der Waals surface area contributed by atoms with Gasteiger partial charge in [-0.15, -0.1) is 0 Å². The first kappa shape index (κ1) is 16.7. The number of hydrogen-bond donors (Lipinski definition) is 0. The maximum absolute atomic E-state index is 12.6. The van der Waals surface area contributed by atoms with E-state index < -0.39 is 11.7 Å². The molecule has 0 radical (unpaired) electrons. The number of aromatic nitrogens is 2. The molecule has 22 heavy (non-hydrogen) atoms.